The fraction of sp³-hybridized carbons (Fsp3) is 1.00. The van der Waals surface area contributed by atoms with E-state index in [1.165, 1.54) is 0 Å². The topological polar surface area (TPSA) is 80.9 Å². The molecule has 0 aliphatic carbocycles. The Morgan fingerprint density at radius 2 is 0.444 bits per heavy atom. The Labute approximate surface area is 66.3 Å². The van der Waals surface area contributed by atoms with Crippen LogP contribution in [-0.2, 0) is 16.8 Å². The average molecular weight is 187 g/mol. The van der Waals surface area contributed by atoms with E-state index in [0.717, 1.165) is 28.4 Å². The van der Waals surface area contributed by atoms with Crippen molar-refractivity contribution in [3.8, 4) is 0 Å². The van der Waals surface area contributed by atoms with Crippen LogP contribution in [-0.4, -0.2) is 48.9 Å². The Kier molecular flexibility index (Phi) is 14400. The minimum absolute atomic E-state index is 0. The molecule has 0 rings (SSSR count). The Morgan fingerprint density at radius 3 is 0.444 bits per heavy atom. The van der Waals surface area contributed by atoms with Gasteiger partial charge < -0.3 is 20.4 Å². The van der Waals surface area contributed by atoms with Gasteiger partial charge in [0.05, 0.1) is 0 Å². The zero-order chi connectivity index (χ0) is 8.00. The van der Waals surface area contributed by atoms with Gasteiger partial charge in [-0.25, -0.2) is 0 Å². The van der Waals surface area contributed by atoms with E-state index in [4.69, 9.17) is 20.4 Å². The summed E-state index contributed by atoms with van der Waals surface area (Å²) in [6.45, 7) is 0. The largest absolute Gasteiger partial charge is 0.400 e. The molecular weight excluding hydrogens is 171 g/mol. The van der Waals surface area contributed by atoms with Crippen molar-refractivity contribution in [2.45, 2.75) is 0 Å². The summed E-state index contributed by atoms with van der Waals surface area (Å²) < 4.78 is 0. The first-order chi connectivity index (χ1) is 4.00. The molecule has 0 bridgehead atoms. The van der Waals surface area contributed by atoms with Crippen LogP contribution in [0.1, 0.15) is 0 Å². The molecule has 0 amide bonds. The molecule has 0 unspecified atom stereocenters. The van der Waals surface area contributed by atoms with Crippen molar-refractivity contribution in [2.24, 2.45) is 0 Å². The summed E-state index contributed by atoms with van der Waals surface area (Å²) in [5.74, 6) is 0. The first kappa shape index (κ1) is 34.5. The molecule has 0 aromatic heterocycles. The zero-order valence-corrected chi connectivity index (χ0v) is 7.16. The van der Waals surface area contributed by atoms with Crippen LogP contribution in [0.2, 0.25) is 0 Å². The summed E-state index contributed by atoms with van der Waals surface area (Å²) in [5, 5.41) is 28.0. The van der Waals surface area contributed by atoms with Crippen LogP contribution in [0.3, 0.4) is 0 Å². The van der Waals surface area contributed by atoms with Gasteiger partial charge in [-0.1, -0.05) is 0 Å². The van der Waals surface area contributed by atoms with E-state index < -0.39 is 0 Å². The monoisotopic (exact) mass is 187 g/mol. The number of hydrogen-bond acceptors (Lipinski definition) is 4. The fourth-order valence-electron chi connectivity index (χ4n) is 0. The van der Waals surface area contributed by atoms with Crippen LogP contribution < -0.4 is 0 Å². The molecule has 0 atom stereocenters. The van der Waals surface area contributed by atoms with Crippen molar-refractivity contribution >= 4 is 0 Å². The smallest absolute Gasteiger partial charge is 0.0319 e. The molecule has 4 nitrogen and oxygen atoms in total. The molecule has 0 aliphatic heterocycles. The van der Waals surface area contributed by atoms with E-state index in [9.17, 15) is 0 Å². The van der Waals surface area contributed by atoms with Crippen molar-refractivity contribution in [1.82, 2.24) is 0 Å². The van der Waals surface area contributed by atoms with Gasteiger partial charge in [0.2, 0.25) is 0 Å². The molecular formula is C4H16CoO4. The van der Waals surface area contributed by atoms with Crippen LogP contribution in [0.15, 0.2) is 0 Å². The van der Waals surface area contributed by atoms with Crippen LogP contribution in [0.25, 0.3) is 0 Å². The Morgan fingerprint density at radius 1 is 0.444 bits per heavy atom. The van der Waals surface area contributed by atoms with Crippen molar-refractivity contribution in [1.29, 1.82) is 0 Å². The molecule has 0 spiro atoms. The third-order valence-electron chi connectivity index (χ3n) is 0. The van der Waals surface area contributed by atoms with Crippen molar-refractivity contribution < 1.29 is 37.2 Å². The maximum atomic E-state index is 7.00. The van der Waals surface area contributed by atoms with Crippen LogP contribution >= 0.6 is 0 Å². The van der Waals surface area contributed by atoms with E-state index in [0.29, 0.717) is 0 Å². The molecule has 0 heterocycles. The minimum Gasteiger partial charge on any atom is -0.400 e. The summed E-state index contributed by atoms with van der Waals surface area (Å²) in [6.07, 6.45) is 0. The molecule has 9 heavy (non-hydrogen) atoms. The normalized spacial score (nSPS) is 2.67. The van der Waals surface area contributed by atoms with E-state index in [1.807, 2.05) is 0 Å². The summed E-state index contributed by atoms with van der Waals surface area (Å²) in [6, 6.07) is 0. The summed E-state index contributed by atoms with van der Waals surface area (Å²) >= 11 is 0. The number of rotatable bonds is 0. The van der Waals surface area contributed by atoms with Gasteiger partial charge in [0.15, 0.2) is 0 Å². The molecule has 0 fully saturated rings. The molecule has 4 N–H and O–H groups in total. The second-order valence-electron chi connectivity index (χ2n) is 0. The first-order valence-electron chi connectivity index (χ1n) is 1.79. The molecule has 0 aromatic carbocycles. The van der Waals surface area contributed by atoms with Crippen LogP contribution in [0, 0.1) is 0 Å². The summed E-state index contributed by atoms with van der Waals surface area (Å²) in [7, 11) is 4.00. The number of aliphatic hydroxyl groups is 4. The average Bonchev–Trinajstić information content (AvgIpc) is 2.03. The van der Waals surface area contributed by atoms with Crippen molar-refractivity contribution in [3.05, 3.63) is 0 Å². The summed E-state index contributed by atoms with van der Waals surface area (Å²) in [4.78, 5) is 0. The Balaban J connectivity index is -0.00000000762. The van der Waals surface area contributed by atoms with Gasteiger partial charge >= 0.3 is 0 Å². The van der Waals surface area contributed by atoms with Crippen LogP contribution in [0.4, 0.5) is 0 Å². The summed E-state index contributed by atoms with van der Waals surface area (Å²) in [5.41, 5.74) is 0. The van der Waals surface area contributed by atoms with E-state index in [1.54, 1.807) is 0 Å². The predicted molar refractivity (Wildman–Crippen MR) is 32.6 cm³/mol. The second-order valence-corrected chi connectivity index (χ2v) is 0. The van der Waals surface area contributed by atoms with Gasteiger partial charge in [0.1, 0.15) is 0 Å². The van der Waals surface area contributed by atoms with Gasteiger partial charge in [0, 0.05) is 45.2 Å². The third-order valence-corrected chi connectivity index (χ3v) is 0. The predicted octanol–water partition coefficient (Wildman–Crippen LogP) is -1.57. The van der Waals surface area contributed by atoms with Gasteiger partial charge in [-0.15, -0.1) is 0 Å². The van der Waals surface area contributed by atoms with Crippen LogP contribution in [0.5, 0.6) is 0 Å². The first-order valence-corrected chi connectivity index (χ1v) is 1.79. The molecule has 0 saturated carbocycles. The Bertz CT molecular complexity index is 12.5. The van der Waals surface area contributed by atoms with Gasteiger partial charge in [-0.3, -0.25) is 0 Å². The van der Waals surface area contributed by atoms with E-state index in [-0.39, 0.29) is 16.8 Å². The van der Waals surface area contributed by atoms with E-state index in [2.05, 4.69) is 0 Å². The quantitative estimate of drug-likeness (QED) is 0.369. The minimum atomic E-state index is 0. The van der Waals surface area contributed by atoms with Gasteiger partial charge in [-0.2, -0.15) is 0 Å². The SMILES string of the molecule is CO.CO.CO.CO.[Co]. The van der Waals surface area contributed by atoms with Gasteiger partial charge in [0.25, 0.3) is 0 Å². The maximum absolute atomic E-state index is 7.00. The molecule has 0 aromatic rings. The number of hydrogen-bond donors (Lipinski definition) is 4. The van der Waals surface area contributed by atoms with Crippen molar-refractivity contribution in [2.75, 3.05) is 28.4 Å². The molecule has 1 radical (unpaired) electrons. The Hall–Kier alpha value is 0.346. The number of aliphatic hydroxyl groups excluding tert-OH is 4. The standard InChI is InChI=1S/4CH4O.Co/c4*1-2;/h4*2H,1H3;. The van der Waals surface area contributed by atoms with E-state index >= 15 is 0 Å². The molecule has 65 valence electrons. The maximum Gasteiger partial charge on any atom is 0.0319 e. The molecule has 5 heteroatoms. The molecule has 0 aliphatic rings. The molecule has 0 saturated heterocycles. The fourth-order valence-corrected chi connectivity index (χ4v) is 0. The second kappa shape index (κ2) is 3750. The van der Waals surface area contributed by atoms with Gasteiger partial charge in [-0.05, 0) is 0 Å². The van der Waals surface area contributed by atoms with Crippen molar-refractivity contribution in [3.63, 3.8) is 0 Å². The third kappa shape index (κ3) is 2800. The zero-order valence-electron chi connectivity index (χ0n) is 6.12.